The van der Waals surface area contributed by atoms with Crippen LogP contribution in [-0.2, 0) is 16.0 Å². The molecule has 1 rings (SSSR count). The normalized spacial score (nSPS) is 9.86. The Balaban J connectivity index is 2.39. The van der Waals surface area contributed by atoms with Gasteiger partial charge in [-0.2, -0.15) is 0 Å². The van der Waals surface area contributed by atoms with Crippen molar-refractivity contribution in [2.24, 2.45) is 0 Å². The van der Waals surface area contributed by atoms with E-state index in [9.17, 15) is 4.79 Å². The zero-order valence-corrected chi connectivity index (χ0v) is 8.75. The number of carbonyl (C=O) groups is 1. The lowest BCUT2D eigenvalue weighted by atomic mass is 10.1. The molecule has 0 amide bonds. The summed E-state index contributed by atoms with van der Waals surface area (Å²) in [5.74, 6) is -0.126. The highest BCUT2D eigenvalue weighted by atomic mass is 16.5. The summed E-state index contributed by atoms with van der Waals surface area (Å²) in [7, 11) is 0. The standard InChI is InChI=1S/C12H16O2/c1-3-12(13)14-9-8-11-7-5-4-6-10(11)2/h4-7H,3,8-9H2,1-2H3. The molecule has 14 heavy (non-hydrogen) atoms. The van der Waals surface area contributed by atoms with Crippen molar-refractivity contribution in [1.82, 2.24) is 0 Å². The lowest BCUT2D eigenvalue weighted by Crippen LogP contribution is -2.06. The summed E-state index contributed by atoms with van der Waals surface area (Å²) >= 11 is 0. The Hall–Kier alpha value is -1.31. The first-order valence-corrected chi connectivity index (χ1v) is 4.94. The molecule has 76 valence electrons. The molecule has 2 heteroatoms. The molecule has 1 aromatic rings. The third-order valence-electron chi connectivity index (χ3n) is 2.18. The Kier molecular flexibility index (Phi) is 4.17. The van der Waals surface area contributed by atoms with Crippen LogP contribution in [0.4, 0.5) is 0 Å². The van der Waals surface area contributed by atoms with E-state index >= 15 is 0 Å². The Morgan fingerprint density at radius 2 is 2.07 bits per heavy atom. The fraction of sp³-hybridized carbons (Fsp3) is 0.417. The molecule has 0 saturated carbocycles. The number of aryl methyl sites for hydroxylation is 1. The van der Waals surface area contributed by atoms with Crippen LogP contribution in [0.1, 0.15) is 24.5 Å². The molecule has 0 spiro atoms. The summed E-state index contributed by atoms with van der Waals surface area (Å²) in [4.78, 5) is 10.9. The number of carbonyl (C=O) groups excluding carboxylic acids is 1. The molecule has 0 bridgehead atoms. The van der Waals surface area contributed by atoms with Gasteiger partial charge < -0.3 is 4.74 Å². The molecule has 0 unspecified atom stereocenters. The van der Waals surface area contributed by atoms with Gasteiger partial charge >= 0.3 is 5.97 Å². The van der Waals surface area contributed by atoms with Gasteiger partial charge in [0.05, 0.1) is 6.61 Å². The molecule has 0 N–H and O–H groups in total. The Bertz CT molecular complexity index is 305. The van der Waals surface area contributed by atoms with Crippen LogP contribution in [0.3, 0.4) is 0 Å². The van der Waals surface area contributed by atoms with Crippen molar-refractivity contribution in [2.75, 3.05) is 6.61 Å². The van der Waals surface area contributed by atoms with Crippen molar-refractivity contribution < 1.29 is 9.53 Å². The van der Waals surface area contributed by atoms with Crippen LogP contribution >= 0.6 is 0 Å². The Morgan fingerprint density at radius 1 is 1.36 bits per heavy atom. The van der Waals surface area contributed by atoms with Gasteiger partial charge in [-0.15, -0.1) is 0 Å². The molecule has 0 saturated heterocycles. The molecule has 0 radical (unpaired) electrons. The smallest absolute Gasteiger partial charge is 0.305 e. The lowest BCUT2D eigenvalue weighted by Gasteiger charge is -2.05. The van der Waals surface area contributed by atoms with Crippen LogP contribution in [0.15, 0.2) is 24.3 Å². The average Bonchev–Trinajstić information content (AvgIpc) is 2.20. The topological polar surface area (TPSA) is 26.3 Å². The zero-order chi connectivity index (χ0) is 10.4. The van der Waals surface area contributed by atoms with Crippen molar-refractivity contribution in [3.8, 4) is 0 Å². The van der Waals surface area contributed by atoms with Gasteiger partial charge in [-0.25, -0.2) is 0 Å². The van der Waals surface area contributed by atoms with Crippen LogP contribution in [0.2, 0.25) is 0 Å². The SMILES string of the molecule is CCC(=O)OCCc1ccccc1C. The maximum atomic E-state index is 10.9. The van der Waals surface area contributed by atoms with E-state index in [0.29, 0.717) is 13.0 Å². The number of ether oxygens (including phenoxy) is 1. The quantitative estimate of drug-likeness (QED) is 0.685. The van der Waals surface area contributed by atoms with Crippen molar-refractivity contribution >= 4 is 5.97 Å². The van der Waals surface area contributed by atoms with Crippen LogP contribution in [0.25, 0.3) is 0 Å². The molecule has 0 fully saturated rings. The second-order valence-corrected chi connectivity index (χ2v) is 3.25. The van der Waals surface area contributed by atoms with Crippen LogP contribution in [0.5, 0.6) is 0 Å². The molecule has 0 aromatic heterocycles. The molecule has 2 nitrogen and oxygen atoms in total. The molecular weight excluding hydrogens is 176 g/mol. The molecule has 0 aliphatic carbocycles. The number of benzene rings is 1. The molecule has 0 heterocycles. The van der Waals surface area contributed by atoms with E-state index in [0.717, 1.165) is 6.42 Å². The number of hydrogen-bond acceptors (Lipinski definition) is 2. The fourth-order valence-electron chi connectivity index (χ4n) is 1.27. The first kappa shape index (κ1) is 10.8. The van der Waals surface area contributed by atoms with Crippen LogP contribution < -0.4 is 0 Å². The fourth-order valence-corrected chi connectivity index (χ4v) is 1.27. The van der Waals surface area contributed by atoms with E-state index in [-0.39, 0.29) is 5.97 Å². The van der Waals surface area contributed by atoms with Crippen molar-refractivity contribution in [3.63, 3.8) is 0 Å². The summed E-state index contributed by atoms with van der Waals surface area (Å²) < 4.78 is 5.01. The Morgan fingerprint density at radius 3 is 2.71 bits per heavy atom. The van der Waals surface area contributed by atoms with Gasteiger partial charge in [-0.05, 0) is 18.1 Å². The minimum atomic E-state index is -0.126. The molecular formula is C12H16O2. The molecule has 0 atom stereocenters. The van der Waals surface area contributed by atoms with Gasteiger partial charge in [-0.3, -0.25) is 4.79 Å². The highest BCUT2D eigenvalue weighted by molar-refractivity contribution is 5.68. The third-order valence-corrected chi connectivity index (χ3v) is 2.18. The van der Waals surface area contributed by atoms with Crippen molar-refractivity contribution in [3.05, 3.63) is 35.4 Å². The minimum Gasteiger partial charge on any atom is -0.465 e. The highest BCUT2D eigenvalue weighted by Gasteiger charge is 2.00. The zero-order valence-electron chi connectivity index (χ0n) is 8.75. The number of rotatable bonds is 4. The van der Waals surface area contributed by atoms with Gasteiger partial charge in [0.15, 0.2) is 0 Å². The van der Waals surface area contributed by atoms with Crippen molar-refractivity contribution in [1.29, 1.82) is 0 Å². The first-order valence-electron chi connectivity index (χ1n) is 4.94. The predicted octanol–water partition coefficient (Wildman–Crippen LogP) is 2.49. The van der Waals surface area contributed by atoms with E-state index in [1.165, 1.54) is 11.1 Å². The highest BCUT2D eigenvalue weighted by Crippen LogP contribution is 2.07. The monoisotopic (exact) mass is 192 g/mol. The second-order valence-electron chi connectivity index (χ2n) is 3.25. The van der Waals surface area contributed by atoms with Crippen LogP contribution in [0, 0.1) is 6.92 Å². The van der Waals surface area contributed by atoms with Gasteiger partial charge in [0.1, 0.15) is 0 Å². The van der Waals surface area contributed by atoms with E-state index in [2.05, 4.69) is 19.1 Å². The average molecular weight is 192 g/mol. The van der Waals surface area contributed by atoms with Crippen molar-refractivity contribution in [2.45, 2.75) is 26.7 Å². The van der Waals surface area contributed by atoms with E-state index < -0.39 is 0 Å². The molecule has 0 aliphatic heterocycles. The summed E-state index contributed by atoms with van der Waals surface area (Å²) in [6.07, 6.45) is 1.26. The lowest BCUT2D eigenvalue weighted by molar-refractivity contribution is -0.143. The van der Waals surface area contributed by atoms with E-state index in [1.54, 1.807) is 6.92 Å². The number of esters is 1. The van der Waals surface area contributed by atoms with E-state index in [4.69, 9.17) is 4.74 Å². The van der Waals surface area contributed by atoms with Gasteiger partial charge in [0.2, 0.25) is 0 Å². The molecule has 1 aromatic carbocycles. The maximum Gasteiger partial charge on any atom is 0.305 e. The third kappa shape index (κ3) is 3.21. The van der Waals surface area contributed by atoms with Gasteiger partial charge in [-0.1, -0.05) is 31.2 Å². The maximum absolute atomic E-state index is 10.9. The Labute approximate surface area is 84.9 Å². The summed E-state index contributed by atoms with van der Waals surface area (Å²) in [5, 5.41) is 0. The first-order chi connectivity index (χ1) is 6.74. The number of hydrogen-bond donors (Lipinski definition) is 0. The summed E-state index contributed by atoms with van der Waals surface area (Å²) in [6, 6.07) is 8.15. The largest absolute Gasteiger partial charge is 0.465 e. The van der Waals surface area contributed by atoms with Gasteiger partial charge in [0, 0.05) is 12.8 Å². The summed E-state index contributed by atoms with van der Waals surface area (Å²) in [6.45, 7) is 4.35. The minimum absolute atomic E-state index is 0.126. The second kappa shape index (κ2) is 5.43. The summed E-state index contributed by atoms with van der Waals surface area (Å²) in [5.41, 5.74) is 2.50. The van der Waals surface area contributed by atoms with Gasteiger partial charge in [0.25, 0.3) is 0 Å². The van der Waals surface area contributed by atoms with Crippen LogP contribution in [-0.4, -0.2) is 12.6 Å². The van der Waals surface area contributed by atoms with E-state index in [1.807, 2.05) is 12.1 Å². The molecule has 0 aliphatic rings. The predicted molar refractivity (Wildman–Crippen MR) is 56.1 cm³/mol.